The zero-order valence-corrected chi connectivity index (χ0v) is 17.4. The Balaban J connectivity index is 1.97. The Bertz CT molecular complexity index is 1210. The number of fused-ring (bicyclic) bond motifs is 3. The van der Waals surface area contributed by atoms with Gasteiger partial charge in [0.1, 0.15) is 17.2 Å². The third kappa shape index (κ3) is 3.56. The fraction of sp³-hybridized carbons (Fsp3) is 0.250. The predicted octanol–water partition coefficient (Wildman–Crippen LogP) is 4.93. The Morgan fingerprint density at radius 3 is 2.67 bits per heavy atom. The Morgan fingerprint density at radius 1 is 1.07 bits per heavy atom. The molecule has 2 aromatic carbocycles. The average molecular weight is 403 g/mol. The number of carbonyl (C=O) groups excluding carboxylic acids is 1. The molecule has 154 valence electrons. The van der Waals surface area contributed by atoms with Crippen LogP contribution in [0.2, 0.25) is 0 Å². The molecule has 30 heavy (non-hydrogen) atoms. The number of carbonyl (C=O) groups is 1. The molecule has 0 spiro atoms. The maximum atomic E-state index is 12.8. The van der Waals surface area contributed by atoms with Crippen LogP contribution in [0.3, 0.4) is 0 Å². The number of methoxy groups -OCH3 is 2. The van der Waals surface area contributed by atoms with E-state index in [1.807, 2.05) is 48.5 Å². The van der Waals surface area contributed by atoms with Gasteiger partial charge >= 0.3 is 0 Å². The maximum Gasteiger partial charge on any atom is 0.269 e. The van der Waals surface area contributed by atoms with Gasteiger partial charge in [-0.25, -0.2) is 4.98 Å². The second-order valence-corrected chi connectivity index (χ2v) is 7.12. The summed E-state index contributed by atoms with van der Waals surface area (Å²) in [6.07, 6.45) is 1.94. The molecule has 2 N–H and O–H groups in total. The highest BCUT2D eigenvalue weighted by Crippen LogP contribution is 2.38. The van der Waals surface area contributed by atoms with Crippen molar-refractivity contribution in [2.24, 2.45) is 0 Å². The van der Waals surface area contributed by atoms with Gasteiger partial charge in [-0.05, 0) is 36.8 Å². The summed E-state index contributed by atoms with van der Waals surface area (Å²) in [6, 6.07) is 15.4. The summed E-state index contributed by atoms with van der Waals surface area (Å²) in [6.45, 7) is 2.72. The molecular formula is C24H25N3O3. The summed E-state index contributed by atoms with van der Waals surface area (Å²) in [4.78, 5) is 21.1. The number of hydrogen-bond donors (Lipinski definition) is 2. The number of rotatable bonds is 7. The van der Waals surface area contributed by atoms with E-state index in [-0.39, 0.29) is 5.91 Å². The van der Waals surface area contributed by atoms with Crippen LogP contribution in [0.15, 0.2) is 48.5 Å². The Morgan fingerprint density at radius 2 is 1.90 bits per heavy atom. The lowest BCUT2D eigenvalue weighted by molar-refractivity contribution is 0.0948. The van der Waals surface area contributed by atoms with Crippen molar-refractivity contribution in [3.8, 4) is 22.8 Å². The van der Waals surface area contributed by atoms with Gasteiger partial charge in [0.15, 0.2) is 0 Å². The van der Waals surface area contributed by atoms with Crippen LogP contribution in [0, 0.1) is 0 Å². The second-order valence-electron chi connectivity index (χ2n) is 7.12. The standard InChI is InChI=1S/C24H25N3O3/c1-4-5-12-25-24(28)20-14-17-16-8-6-7-9-19(16)26-22(17)23(27-20)18-13-15(29-2)10-11-21(18)30-3/h6-11,13-14,26H,4-5,12H2,1-3H3,(H,25,28). The van der Waals surface area contributed by atoms with Crippen LogP contribution in [0.4, 0.5) is 0 Å². The van der Waals surface area contributed by atoms with Gasteiger partial charge < -0.3 is 19.8 Å². The van der Waals surface area contributed by atoms with Crippen molar-refractivity contribution in [3.05, 3.63) is 54.2 Å². The minimum atomic E-state index is -0.182. The predicted molar refractivity (Wildman–Crippen MR) is 119 cm³/mol. The smallest absolute Gasteiger partial charge is 0.269 e. The average Bonchev–Trinajstić information content (AvgIpc) is 3.16. The van der Waals surface area contributed by atoms with Gasteiger partial charge in [-0.1, -0.05) is 31.5 Å². The maximum absolute atomic E-state index is 12.8. The molecule has 2 aromatic heterocycles. The molecular weight excluding hydrogens is 378 g/mol. The van der Waals surface area contributed by atoms with Crippen LogP contribution in [-0.2, 0) is 0 Å². The first kappa shape index (κ1) is 19.8. The number of aromatic nitrogens is 2. The van der Waals surface area contributed by atoms with Gasteiger partial charge in [0.05, 0.1) is 25.4 Å². The van der Waals surface area contributed by atoms with E-state index in [4.69, 9.17) is 14.5 Å². The summed E-state index contributed by atoms with van der Waals surface area (Å²) in [5.41, 5.74) is 3.63. The largest absolute Gasteiger partial charge is 0.497 e. The molecule has 0 saturated heterocycles. The minimum Gasteiger partial charge on any atom is -0.497 e. The first-order valence-electron chi connectivity index (χ1n) is 10.1. The van der Waals surface area contributed by atoms with Crippen molar-refractivity contribution < 1.29 is 14.3 Å². The van der Waals surface area contributed by atoms with E-state index < -0.39 is 0 Å². The van der Waals surface area contributed by atoms with Crippen LogP contribution in [0.1, 0.15) is 30.3 Å². The summed E-state index contributed by atoms with van der Waals surface area (Å²) in [7, 11) is 3.24. The molecule has 2 heterocycles. The van der Waals surface area contributed by atoms with Crippen molar-refractivity contribution in [3.63, 3.8) is 0 Å². The van der Waals surface area contributed by atoms with Crippen molar-refractivity contribution in [1.29, 1.82) is 0 Å². The topological polar surface area (TPSA) is 76.2 Å². The summed E-state index contributed by atoms with van der Waals surface area (Å²) in [5, 5.41) is 4.95. The molecule has 0 aliphatic heterocycles. The highest BCUT2D eigenvalue weighted by atomic mass is 16.5. The molecule has 4 aromatic rings. The highest BCUT2D eigenvalue weighted by Gasteiger charge is 2.19. The number of amides is 1. The lowest BCUT2D eigenvalue weighted by atomic mass is 10.0. The fourth-order valence-electron chi connectivity index (χ4n) is 3.63. The lowest BCUT2D eigenvalue weighted by Gasteiger charge is -2.12. The van der Waals surface area contributed by atoms with Gasteiger partial charge in [0.2, 0.25) is 0 Å². The zero-order chi connectivity index (χ0) is 21.1. The molecule has 0 radical (unpaired) electrons. The SMILES string of the molecule is CCCCNC(=O)c1cc2c([nH]c3ccccc32)c(-c2cc(OC)ccc2OC)n1. The number of aromatic amines is 1. The van der Waals surface area contributed by atoms with E-state index in [1.54, 1.807) is 14.2 Å². The van der Waals surface area contributed by atoms with E-state index in [1.165, 1.54) is 0 Å². The molecule has 0 unspecified atom stereocenters. The van der Waals surface area contributed by atoms with Crippen LogP contribution in [0.25, 0.3) is 33.1 Å². The lowest BCUT2D eigenvalue weighted by Crippen LogP contribution is -2.25. The number of benzene rings is 2. The fourth-order valence-corrected chi connectivity index (χ4v) is 3.63. The summed E-state index contributed by atoms with van der Waals surface area (Å²) in [5.74, 6) is 1.17. The Kier molecular flexibility index (Phi) is 5.57. The summed E-state index contributed by atoms with van der Waals surface area (Å²) >= 11 is 0. The number of nitrogens with zero attached hydrogens (tertiary/aromatic N) is 1. The second kappa shape index (κ2) is 8.45. The van der Waals surface area contributed by atoms with Gasteiger partial charge in [-0.15, -0.1) is 0 Å². The van der Waals surface area contributed by atoms with E-state index in [0.717, 1.165) is 40.2 Å². The first-order valence-corrected chi connectivity index (χ1v) is 10.1. The number of hydrogen-bond acceptors (Lipinski definition) is 4. The van der Waals surface area contributed by atoms with E-state index >= 15 is 0 Å². The van der Waals surface area contributed by atoms with Gasteiger partial charge in [-0.3, -0.25) is 4.79 Å². The molecule has 0 bridgehead atoms. The number of unbranched alkanes of at least 4 members (excludes halogenated alkanes) is 1. The normalized spacial score (nSPS) is 11.0. The van der Waals surface area contributed by atoms with Gasteiger partial charge in [0, 0.05) is 28.4 Å². The molecule has 0 atom stereocenters. The number of pyridine rings is 1. The Hall–Kier alpha value is -3.54. The molecule has 4 rings (SSSR count). The van der Waals surface area contributed by atoms with Crippen molar-refractivity contribution >= 4 is 27.7 Å². The molecule has 0 fully saturated rings. The highest BCUT2D eigenvalue weighted by molar-refractivity contribution is 6.13. The van der Waals surface area contributed by atoms with Crippen LogP contribution in [-0.4, -0.2) is 36.6 Å². The van der Waals surface area contributed by atoms with E-state index in [0.29, 0.717) is 29.4 Å². The number of para-hydroxylation sites is 1. The quantitative estimate of drug-likeness (QED) is 0.429. The van der Waals surface area contributed by atoms with E-state index in [9.17, 15) is 4.79 Å². The number of H-pyrrole nitrogens is 1. The molecule has 6 heteroatoms. The molecule has 1 amide bonds. The van der Waals surface area contributed by atoms with E-state index in [2.05, 4.69) is 17.2 Å². The minimum absolute atomic E-state index is 0.182. The van der Waals surface area contributed by atoms with Crippen LogP contribution < -0.4 is 14.8 Å². The first-order chi connectivity index (χ1) is 14.7. The molecule has 0 saturated carbocycles. The van der Waals surface area contributed by atoms with Gasteiger partial charge in [-0.2, -0.15) is 0 Å². The third-order valence-electron chi connectivity index (χ3n) is 5.21. The molecule has 0 aliphatic rings. The third-order valence-corrected chi connectivity index (χ3v) is 5.21. The number of nitrogens with one attached hydrogen (secondary N) is 2. The van der Waals surface area contributed by atoms with Gasteiger partial charge in [0.25, 0.3) is 5.91 Å². The zero-order valence-electron chi connectivity index (χ0n) is 17.4. The molecule has 6 nitrogen and oxygen atoms in total. The van der Waals surface area contributed by atoms with Crippen LogP contribution >= 0.6 is 0 Å². The monoisotopic (exact) mass is 403 g/mol. The van der Waals surface area contributed by atoms with Crippen molar-refractivity contribution in [1.82, 2.24) is 15.3 Å². The molecule has 0 aliphatic carbocycles. The number of ether oxygens (including phenoxy) is 2. The summed E-state index contributed by atoms with van der Waals surface area (Å²) < 4.78 is 11.0. The van der Waals surface area contributed by atoms with Crippen molar-refractivity contribution in [2.45, 2.75) is 19.8 Å². The van der Waals surface area contributed by atoms with Crippen LogP contribution in [0.5, 0.6) is 11.5 Å². The Labute approximate surface area is 175 Å². The van der Waals surface area contributed by atoms with Crippen molar-refractivity contribution in [2.75, 3.05) is 20.8 Å².